The van der Waals surface area contributed by atoms with E-state index in [0.29, 0.717) is 37.4 Å². The minimum atomic E-state index is -3.39. The lowest BCUT2D eigenvalue weighted by molar-refractivity contribution is 0.0729. The molecule has 0 radical (unpaired) electrons. The number of benzene rings is 2. The summed E-state index contributed by atoms with van der Waals surface area (Å²) in [7, 11) is -1.78. The highest BCUT2D eigenvalue weighted by Gasteiger charge is 2.24. The number of morpholine rings is 1. The van der Waals surface area contributed by atoms with Gasteiger partial charge >= 0.3 is 0 Å². The molecule has 1 saturated heterocycles. The smallest absolute Gasteiger partial charge is 0.251 e. The monoisotopic (exact) mass is 432 g/mol. The van der Waals surface area contributed by atoms with Gasteiger partial charge in [0.15, 0.2) is 0 Å². The van der Waals surface area contributed by atoms with E-state index in [-0.39, 0.29) is 17.7 Å². The van der Waals surface area contributed by atoms with Crippen LogP contribution in [0.1, 0.15) is 40.9 Å². The molecule has 0 saturated carbocycles. The number of hydrogen-bond acceptors (Lipinski definition) is 5. The summed E-state index contributed by atoms with van der Waals surface area (Å²) < 4.78 is 36.9. The Labute approximate surface area is 178 Å². The van der Waals surface area contributed by atoms with Gasteiger partial charge in [-0.1, -0.05) is 31.2 Å². The minimum Gasteiger partial charge on any atom is -0.497 e. The lowest BCUT2D eigenvalue weighted by Crippen LogP contribution is -2.41. The average molecular weight is 433 g/mol. The molecule has 0 aliphatic carbocycles. The number of hydrogen-bond donors (Lipinski definition) is 1. The van der Waals surface area contributed by atoms with Crippen LogP contribution in [0.25, 0.3) is 0 Å². The van der Waals surface area contributed by atoms with E-state index in [4.69, 9.17) is 9.47 Å². The molecule has 1 unspecified atom stereocenters. The first-order valence-corrected chi connectivity index (χ1v) is 11.6. The third-order valence-corrected chi connectivity index (χ3v) is 7.01. The topological polar surface area (TPSA) is 84.9 Å². The Kier molecular flexibility index (Phi) is 7.47. The van der Waals surface area contributed by atoms with Crippen molar-refractivity contribution in [2.45, 2.75) is 25.1 Å². The molecule has 1 aliphatic rings. The highest BCUT2D eigenvalue weighted by atomic mass is 32.2. The van der Waals surface area contributed by atoms with Crippen LogP contribution in [0.5, 0.6) is 5.75 Å². The first-order valence-electron chi connectivity index (χ1n) is 10.0. The van der Waals surface area contributed by atoms with E-state index in [9.17, 15) is 13.2 Å². The molecule has 1 amide bonds. The molecule has 0 spiro atoms. The maximum absolute atomic E-state index is 12.7. The van der Waals surface area contributed by atoms with Crippen molar-refractivity contribution in [2.24, 2.45) is 0 Å². The summed E-state index contributed by atoms with van der Waals surface area (Å²) >= 11 is 0. The lowest BCUT2D eigenvalue weighted by Gasteiger charge is -2.26. The predicted octanol–water partition coefficient (Wildman–Crippen LogP) is 2.74. The highest BCUT2D eigenvalue weighted by Crippen LogP contribution is 2.21. The number of nitrogens with zero attached hydrogens (tertiary/aromatic N) is 1. The van der Waals surface area contributed by atoms with Gasteiger partial charge in [0, 0.05) is 18.7 Å². The molecule has 8 heteroatoms. The van der Waals surface area contributed by atoms with Crippen LogP contribution in [0.4, 0.5) is 0 Å². The largest absolute Gasteiger partial charge is 0.497 e. The van der Waals surface area contributed by atoms with Crippen molar-refractivity contribution < 1.29 is 22.7 Å². The number of methoxy groups -OCH3 is 1. The summed E-state index contributed by atoms with van der Waals surface area (Å²) in [6, 6.07) is 14.2. The van der Waals surface area contributed by atoms with E-state index < -0.39 is 10.0 Å². The van der Waals surface area contributed by atoms with E-state index in [1.54, 1.807) is 31.4 Å². The summed E-state index contributed by atoms with van der Waals surface area (Å²) in [6.07, 6.45) is 0.744. The number of amides is 1. The molecular weight excluding hydrogens is 404 g/mol. The Hall–Kier alpha value is -2.42. The van der Waals surface area contributed by atoms with Gasteiger partial charge in [-0.25, -0.2) is 8.42 Å². The highest BCUT2D eigenvalue weighted by molar-refractivity contribution is 7.88. The van der Waals surface area contributed by atoms with Gasteiger partial charge in [0.1, 0.15) is 5.75 Å². The summed E-state index contributed by atoms with van der Waals surface area (Å²) in [6.45, 7) is 3.62. The van der Waals surface area contributed by atoms with E-state index in [2.05, 4.69) is 5.32 Å². The fourth-order valence-electron chi connectivity index (χ4n) is 3.38. The lowest BCUT2D eigenvalue weighted by atomic mass is 10.0. The second-order valence-corrected chi connectivity index (χ2v) is 9.14. The molecule has 0 aromatic heterocycles. The maximum Gasteiger partial charge on any atom is 0.251 e. The average Bonchev–Trinajstić information content (AvgIpc) is 2.78. The number of rotatable bonds is 8. The van der Waals surface area contributed by atoms with Gasteiger partial charge in [0.25, 0.3) is 5.91 Å². The molecule has 1 fully saturated rings. The van der Waals surface area contributed by atoms with Gasteiger partial charge in [0.05, 0.1) is 32.1 Å². The molecule has 2 aromatic rings. The van der Waals surface area contributed by atoms with Gasteiger partial charge in [-0.05, 0) is 41.8 Å². The quantitative estimate of drug-likeness (QED) is 0.693. The molecule has 1 heterocycles. The second kappa shape index (κ2) is 10.1. The Bertz CT molecular complexity index is 936. The van der Waals surface area contributed by atoms with Crippen LogP contribution in [-0.2, 0) is 20.5 Å². The molecular formula is C22H28N2O5S. The maximum atomic E-state index is 12.7. The first kappa shape index (κ1) is 22.3. The molecule has 7 nitrogen and oxygen atoms in total. The zero-order valence-electron chi connectivity index (χ0n) is 17.3. The van der Waals surface area contributed by atoms with Crippen LogP contribution in [0.15, 0.2) is 48.5 Å². The van der Waals surface area contributed by atoms with E-state index >= 15 is 0 Å². The van der Waals surface area contributed by atoms with Gasteiger partial charge in [0.2, 0.25) is 10.0 Å². The van der Waals surface area contributed by atoms with Crippen molar-refractivity contribution in [1.82, 2.24) is 9.62 Å². The van der Waals surface area contributed by atoms with Crippen molar-refractivity contribution in [2.75, 3.05) is 33.4 Å². The van der Waals surface area contributed by atoms with Crippen LogP contribution < -0.4 is 10.1 Å². The van der Waals surface area contributed by atoms with Crippen LogP contribution in [-0.4, -0.2) is 52.0 Å². The number of ether oxygens (including phenoxy) is 2. The Morgan fingerprint density at radius 1 is 1.10 bits per heavy atom. The molecule has 1 aliphatic heterocycles. The van der Waals surface area contributed by atoms with Crippen molar-refractivity contribution in [3.8, 4) is 5.75 Å². The normalized spacial score (nSPS) is 16.1. The van der Waals surface area contributed by atoms with Crippen LogP contribution in [0.2, 0.25) is 0 Å². The molecule has 0 bridgehead atoms. The summed E-state index contributed by atoms with van der Waals surface area (Å²) in [4.78, 5) is 12.7. The molecule has 1 atom stereocenters. The predicted molar refractivity (Wildman–Crippen MR) is 115 cm³/mol. The number of carbonyl (C=O) groups is 1. The fourth-order valence-corrected chi connectivity index (χ4v) is 4.88. The summed E-state index contributed by atoms with van der Waals surface area (Å²) in [5.41, 5.74) is 2.15. The third kappa shape index (κ3) is 5.59. The van der Waals surface area contributed by atoms with Crippen molar-refractivity contribution >= 4 is 15.9 Å². The Morgan fingerprint density at radius 3 is 2.30 bits per heavy atom. The molecule has 2 aromatic carbocycles. The third-order valence-electron chi connectivity index (χ3n) is 5.16. The van der Waals surface area contributed by atoms with Crippen molar-refractivity contribution in [3.63, 3.8) is 0 Å². The van der Waals surface area contributed by atoms with E-state index in [1.807, 2.05) is 31.2 Å². The van der Waals surface area contributed by atoms with Gasteiger partial charge in [-0.15, -0.1) is 0 Å². The first-order chi connectivity index (χ1) is 14.4. The molecule has 30 heavy (non-hydrogen) atoms. The molecule has 162 valence electrons. The van der Waals surface area contributed by atoms with E-state index in [0.717, 1.165) is 17.7 Å². The Balaban J connectivity index is 1.63. The van der Waals surface area contributed by atoms with Crippen LogP contribution in [0.3, 0.4) is 0 Å². The number of nitrogens with one attached hydrogen (secondary N) is 1. The zero-order chi connectivity index (χ0) is 21.6. The van der Waals surface area contributed by atoms with Crippen molar-refractivity contribution in [3.05, 3.63) is 65.2 Å². The second-order valence-electron chi connectivity index (χ2n) is 7.17. The standard InChI is InChI=1S/C22H28N2O5S/c1-3-21(18-8-10-20(28-2)11-9-18)23-22(25)19-6-4-17(5-7-19)16-30(26,27)24-12-14-29-15-13-24/h4-11,21H,3,12-16H2,1-2H3,(H,23,25). The number of sulfonamides is 1. The summed E-state index contributed by atoms with van der Waals surface area (Å²) in [5.74, 6) is 0.487. The minimum absolute atomic E-state index is 0.0850. The number of carbonyl (C=O) groups excluding carboxylic acids is 1. The van der Waals surface area contributed by atoms with Crippen molar-refractivity contribution in [1.29, 1.82) is 0 Å². The van der Waals surface area contributed by atoms with Gasteiger partial charge < -0.3 is 14.8 Å². The van der Waals surface area contributed by atoms with Crippen LogP contribution >= 0.6 is 0 Å². The van der Waals surface area contributed by atoms with Gasteiger partial charge in [-0.3, -0.25) is 4.79 Å². The molecule has 1 N–H and O–H groups in total. The molecule has 3 rings (SSSR count). The summed E-state index contributed by atoms with van der Waals surface area (Å²) in [5, 5.41) is 3.04. The Morgan fingerprint density at radius 2 is 1.73 bits per heavy atom. The van der Waals surface area contributed by atoms with Gasteiger partial charge in [-0.2, -0.15) is 4.31 Å². The van der Waals surface area contributed by atoms with Crippen LogP contribution in [0, 0.1) is 0 Å². The van der Waals surface area contributed by atoms with E-state index in [1.165, 1.54) is 4.31 Å². The zero-order valence-corrected chi connectivity index (χ0v) is 18.2. The fraction of sp³-hybridized carbons (Fsp3) is 0.409. The SMILES string of the molecule is CCC(NC(=O)c1ccc(CS(=O)(=O)N2CCOCC2)cc1)c1ccc(OC)cc1.